The van der Waals surface area contributed by atoms with E-state index in [9.17, 15) is 4.79 Å². The molecule has 6 heteroatoms. The molecule has 1 atom stereocenters. The minimum Gasteiger partial charge on any atom is -0.352 e. The Morgan fingerprint density at radius 3 is 2.57 bits per heavy atom. The van der Waals surface area contributed by atoms with E-state index in [1.807, 2.05) is 18.2 Å². The van der Waals surface area contributed by atoms with Gasteiger partial charge in [0.2, 0.25) is 6.23 Å². The third kappa shape index (κ3) is 2.85. The van der Waals surface area contributed by atoms with Gasteiger partial charge in [-0.05, 0) is 24.3 Å². The van der Waals surface area contributed by atoms with Crippen LogP contribution in [0, 0.1) is 0 Å². The van der Waals surface area contributed by atoms with Crippen LogP contribution in [0.4, 0.5) is 5.69 Å². The van der Waals surface area contributed by atoms with E-state index in [1.54, 1.807) is 31.3 Å². The van der Waals surface area contributed by atoms with Crippen LogP contribution in [0.25, 0.3) is 0 Å². The van der Waals surface area contributed by atoms with Crippen molar-refractivity contribution in [2.75, 3.05) is 19.1 Å². The molecule has 0 spiro atoms. The number of anilines is 1. The van der Waals surface area contributed by atoms with Gasteiger partial charge < -0.3 is 9.64 Å². The number of benzodiazepines with no additional fused rings is 1. The van der Waals surface area contributed by atoms with E-state index in [2.05, 4.69) is 4.99 Å². The first-order valence-corrected chi connectivity index (χ1v) is 7.71. The molecule has 0 N–H and O–H groups in total. The number of aliphatic imine (C=N–C) groups is 1. The largest absolute Gasteiger partial charge is 0.352 e. The lowest BCUT2D eigenvalue weighted by Gasteiger charge is -2.19. The summed E-state index contributed by atoms with van der Waals surface area (Å²) in [5, 5.41) is 1.10. The van der Waals surface area contributed by atoms with Crippen LogP contribution in [0.5, 0.6) is 0 Å². The SMILES string of the molecule is CO[C@H]1N=C(c2ccccc2Cl)c2cc(Cl)ccc2N(C)C1=O. The molecule has 4 nitrogen and oxygen atoms in total. The summed E-state index contributed by atoms with van der Waals surface area (Å²) in [4.78, 5) is 18.5. The van der Waals surface area contributed by atoms with Crippen molar-refractivity contribution in [3.8, 4) is 0 Å². The number of hydrogen-bond donors (Lipinski definition) is 0. The Balaban J connectivity index is 2.31. The zero-order valence-corrected chi connectivity index (χ0v) is 14.1. The quantitative estimate of drug-likeness (QED) is 0.828. The average Bonchev–Trinajstić information content (AvgIpc) is 2.65. The summed E-state index contributed by atoms with van der Waals surface area (Å²) < 4.78 is 5.25. The molecule has 2 aromatic carbocycles. The fraction of sp³-hybridized carbons (Fsp3) is 0.176. The zero-order chi connectivity index (χ0) is 16.6. The lowest BCUT2D eigenvalue weighted by Crippen LogP contribution is -2.35. The van der Waals surface area contributed by atoms with Crippen LogP contribution in [0.1, 0.15) is 11.1 Å². The van der Waals surface area contributed by atoms with Gasteiger partial charge in [-0.25, -0.2) is 4.99 Å². The van der Waals surface area contributed by atoms with Crippen molar-refractivity contribution < 1.29 is 9.53 Å². The maximum Gasteiger partial charge on any atom is 0.278 e. The molecule has 118 valence electrons. The summed E-state index contributed by atoms with van der Waals surface area (Å²) in [7, 11) is 3.14. The number of hydrogen-bond acceptors (Lipinski definition) is 3. The van der Waals surface area contributed by atoms with Crippen LogP contribution in [0.2, 0.25) is 10.0 Å². The lowest BCUT2D eigenvalue weighted by atomic mass is 10.0. The number of fused-ring (bicyclic) bond motifs is 1. The topological polar surface area (TPSA) is 41.9 Å². The number of methoxy groups -OCH3 is 1. The van der Waals surface area contributed by atoms with Crippen LogP contribution in [-0.2, 0) is 9.53 Å². The fourth-order valence-electron chi connectivity index (χ4n) is 2.54. The van der Waals surface area contributed by atoms with E-state index >= 15 is 0 Å². The van der Waals surface area contributed by atoms with Gasteiger partial charge in [-0.1, -0.05) is 41.4 Å². The molecule has 0 fully saturated rings. The maximum atomic E-state index is 12.5. The Kier molecular flexibility index (Phi) is 4.39. The number of nitrogens with zero attached hydrogens (tertiary/aromatic N) is 2. The van der Waals surface area contributed by atoms with Gasteiger partial charge in [-0.2, -0.15) is 0 Å². The first kappa shape index (κ1) is 16.0. The Morgan fingerprint density at radius 2 is 1.87 bits per heavy atom. The van der Waals surface area contributed by atoms with Crippen molar-refractivity contribution in [3.63, 3.8) is 0 Å². The molecule has 0 unspecified atom stereocenters. The lowest BCUT2D eigenvalue weighted by molar-refractivity contribution is -0.127. The number of carbonyl (C=O) groups is 1. The van der Waals surface area contributed by atoms with E-state index in [0.29, 0.717) is 21.4 Å². The van der Waals surface area contributed by atoms with Crippen LogP contribution in [-0.4, -0.2) is 32.0 Å². The third-order valence-corrected chi connectivity index (χ3v) is 4.28. The molecule has 0 saturated heterocycles. The highest BCUT2D eigenvalue weighted by Gasteiger charge is 2.30. The minimum atomic E-state index is -0.933. The van der Waals surface area contributed by atoms with E-state index < -0.39 is 6.23 Å². The number of halogens is 2. The normalized spacial score (nSPS) is 17.6. The van der Waals surface area contributed by atoms with Gasteiger partial charge in [-0.15, -0.1) is 0 Å². The predicted molar refractivity (Wildman–Crippen MR) is 92.8 cm³/mol. The van der Waals surface area contributed by atoms with Gasteiger partial charge in [0, 0.05) is 35.3 Å². The average molecular weight is 349 g/mol. The third-order valence-electron chi connectivity index (χ3n) is 3.72. The Labute approximate surface area is 144 Å². The van der Waals surface area contributed by atoms with E-state index in [-0.39, 0.29) is 5.91 Å². The number of carbonyl (C=O) groups excluding carboxylic acids is 1. The second kappa shape index (κ2) is 6.32. The second-order valence-corrected chi connectivity index (χ2v) is 5.95. The van der Waals surface area contributed by atoms with Crippen LogP contribution < -0.4 is 4.90 Å². The number of rotatable bonds is 2. The number of amides is 1. The standard InChI is InChI=1S/C17H14Cl2N2O2/c1-21-14-8-7-10(18)9-12(14)15(20-16(23-2)17(21)22)11-5-3-4-6-13(11)19/h3-9,16H,1-2H3/t16-/m1/s1. The molecular formula is C17H14Cl2N2O2. The van der Waals surface area contributed by atoms with Crippen molar-refractivity contribution in [3.05, 3.63) is 63.6 Å². The van der Waals surface area contributed by atoms with Crippen LogP contribution in [0.3, 0.4) is 0 Å². The Hall–Kier alpha value is -1.88. The smallest absolute Gasteiger partial charge is 0.278 e. The summed E-state index contributed by atoms with van der Waals surface area (Å²) >= 11 is 12.5. The monoisotopic (exact) mass is 348 g/mol. The molecular weight excluding hydrogens is 335 g/mol. The Morgan fingerprint density at radius 1 is 1.13 bits per heavy atom. The van der Waals surface area contributed by atoms with E-state index in [1.165, 1.54) is 12.0 Å². The second-order valence-electron chi connectivity index (χ2n) is 5.10. The number of likely N-dealkylation sites (N-methyl/N-ethyl adjacent to an activating group) is 1. The molecule has 1 aliphatic heterocycles. The van der Waals surface area contributed by atoms with Gasteiger partial charge in [0.1, 0.15) is 0 Å². The van der Waals surface area contributed by atoms with Crippen LogP contribution >= 0.6 is 23.2 Å². The summed E-state index contributed by atoms with van der Waals surface area (Å²) in [6, 6.07) is 12.7. The number of benzene rings is 2. The summed E-state index contributed by atoms with van der Waals surface area (Å²) in [6.45, 7) is 0. The molecule has 1 heterocycles. The van der Waals surface area contributed by atoms with Gasteiger partial charge in [-0.3, -0.25) is 4.79 Å². The van der Waals surface area contributed by atoms with Crippen molar-refractivity contribution in [1.29, 1.82) is 0 Å². The summed E-state index contributed by atoms with van der Waals surface area (Å²) in [6.07, 6.45) is -0.933. The van der Waals surface area contributed by atoms with Gasteiger partial charge in [0.15, 0.2) is 0 Å². The van der Waals surface area contributed by atoms with Gasteiger partial charge in [0.25, 0.3) is 5.91 Å². The zero-order valence-electron chi connectivity index (χ0n) is 12.6. The van der Waals surface area contributed by atoms with Crippen molar-refractivity contribution in [2.45, 2.75) is 6.23 Å². The highest BCUT2D eigenvalue weighted by molar-refractivity contribution is 6.37. The van der Waals surface area contributed by atoms with Crippen molar-refractivity contribution in [1.82, 2.24) is 0 Å². The molecule has 2 aromatic rings. The van der Waals surface area contributed by atoms with Gasteiger partial charge in [0.05, 0.1) is 11.4 Å². The molecule has 23 heavy (non-hydrogen) atoms. The predicted octanol–water partition coefficient (Wildman–Crippen LogP) is 3.78. The molecule has 0 radical (unpaired) electrons. The summed E-state index contributed by atoms with van der Waals surface area (Å²) in [5.74, 6) is -0.252. The molecule has 3 rings (SSSR count). The first-order chi connectivity index (χ1) is 11.0. The first-order valence-electron chi connectivity index (χ1n) is 6.96. The van der Waals surface area contributed by atoms with Crippen molar-refractivity contribution >= 4 is 40.5 Å². The van der Waals surface area contributed by atoms with E-state index in [4.69, 9.17) is 27.9 Å². The minimum absolute atomic E-state index is 0.252. The maximum absolute atomic E-state index is 12.5. The van der Waals surface area contributed by atoms with Gasteiger partial charge >= 0.3 is 0 Å². The van der Waals surface area contributed by atoms with E-state index in [0.717, 1.165) is 11.1 Å². The highest BCUT2D eigenvalue weighted by atomic mass is 35.5. The van der Waals surface area contributed by atoms with Crippen LogP contribution in [0.15, 0.2) is 47.5 Å². The molecule has 0 aromatic heterocycles. The molecule has 0 aliphatic carbocycles. The molecule has 1 amide bonds. The highest BCUT2D eigenvalue weighted by Crippen LogP contribution is 2.32. The molecule has 1 aliphatic rings. The van der Waals surface area contributed by atoms with Crippen molar-refractivity contribution in [2.24, 2.45) is 4.99 Å². The number of ether oxygens (including phenoxy) is 1. The fourth-order valence-corrected chi connectivity index (χ4v) is 2.94. The molecule has 0 saturated carbocycles. The molecule has 0 bridgehead atoms. The summed E-state index contributed by atoms with van der Waals surface area (Å²) in [5.41, 5.74) is 2.75. The Bertz CT molecular complexity index is 805.